The van der Waals surface area contributed by atoms with Crippen molar-refractivity contribution >= 4 is 0 Å². The van der Waals surface area contributed by atoms with Gasteiger partial charge < -0.3 is 14.2 Å². The maximum Gasteiger partial charge on any atom is 0.126 e. The average molecular weight is 316 g/mol. The van der Waals surface area contributed by atoms with Crippen molar-refractivity contribution in [2.24, 2.45) is 0 Å². The van der Waals surface area contributed by atoms with E-state index in [0.29, 0.717) is 12.7 Å². The zero-order valence-electron chi connectivity index (χ0n) is 14.7. The highest BCUT2D eigenvalue weighted by atomic mass is 16.6. The van der Waals surface area contributed by atoms with Crippen molar-refractivity contribution in [2.75, 3.05) is 6.61 Å². The molecule has 2 aliphatic heterocycles. The molecule has 0 amide bonds. The summed E-state index contributed by atoms with van der Waals surface area (Å²) >= 11 is 0. The van der Waals surface area contributed by atoms with E-state index in [-0.39, 0.29) is 11.7 Å². The van der Waals surface area contributed by atoms with Gasteiger partial charge in [0.1, 0.15) is 24.2 Å². The summed E-state index contributed by atoms with van der Waals surface area (Å²) in [5, 5.41) is 0. The third kappa shape index (κ3) is 3.89. The van der Waals surface area contributed by atoms with Gasteiger partial charge in [-0.05, 0) is 57.7 Å². The molecule has 3 rings (SSSR count). The number of ether oxygens (including phenoxy) is 3. The number of epoxide rings is 1. The minimum absolute atomic E-state index is 0.137. The molecular weight excluding hydrogens is 288 g/mol. The Hall–Kier alpha value is -1.48. The van der Waals surface area contributed by atoms with Gasteiger partial charge in [0.05, 0.1) is 11.7 Å². The van der Waals surface area contributed by atoms with E-state index in [2.05, 4.69) is 39.8 Å². The van der Waals surface area contributed by atoms with Crippen LogP contribution in [0.25, 0.3) is 0 Å². The molecule has 1 aromatic rings. The molecule has 3 nitrogen and oxygen atoms in total. The van der Waals surface area contributed by atoms with Gasteiger partial charge in [-0.25, -0.2) is 0 Å². The van der Waals surface area contributed by atoms with E-state index in [1.165, 1.54) is 11.1 Å². The lowest BCUT2D eigenvalue weighted by Gasteiger charge is -2.07. The Kier molecular flexibility index (Phi) is 4.67. The topological polar surface area (TPSA) is 31.0 Å². The Morgan fingerprint density at radius 3 is 3.00 bits per heavy atom. The Morgan fingerprint density at radius 1 is 1.43 bits per heavy atom. The number of allylic oxidation sites excluding steroid dienone is 1. The summed E-state index contributed by atoms with van der Waals surface area (Å²) in [5.41, 5.74) is 2.78. The number of hydrogen-bond donors (Lipinski definition) is 0. The Bertz CT molecular complexity index is 593. The average Bonchev–Trinajstić information content (AvgIpc) is 3.03. The monoisotopic (exact) mass is 316 g/mol. The van der Waals surface area contributed by atoms with Crippen LogP contribution in [0.2, 0.25) is 0 Å². The van der Waals surface area contributed by atoms with Crippen LogP contribution in [0.4, 0.5) is 0 Å². The highest BCUT2D eigenvalue weighted by Crippen LogP contribution is 2.42. The lowest BCUT2D eigenvalue weighted by molar-refractivity contribution is 0.253. The molecule has 3 heteroatoms. The van der Waals surface area contributed by atoms with Gasteiger partial charge in [0.25, 0.3) is 0 Å². The first kappa shape index (κ1) is 16.4. The Labute approximate surface area is 139 Å². The van der Waals surface area contributed by atoms with Crippen LogP contribution in [-0.2, 0) is 11.2 Å². The van der Waals surface area contributed by atoms with Gasteiger partial charge in [-0.3, -0.25) is 0 Å². The van der Waals surface area contributed by atoms with Crippen molar-refractivity contribution in [3.63, 3.8) is 0 Å². The van der Waals surface area contributed by atoms with E-state index in [4.69, 9.17) is 14.2 Å². The molecule has 3 unspecified atom stereocenters. The fourth-order valence-corrected chi connectivity index (χ4v) is 3.18. The van der Waals surface area contributed by atoms with E-state index in [9.17, 15) is 0 Å². The van der Waals surface area contributed by atoms with Crippen LogP contribution in [0.15, 0.2) is 29.8 Å². The Morgan fingerprint density at radius 2 is 2.26 bits per heavy atom. The predicted molar refractivity (Wildman–Crippen MR) is 92.3 cm³/mol. The van der Waals surface area contributed by atoms with Crippen LogP contribution in [0.5, 0.6) is 11.5 Å². The summed E-state index contributed by atoms with van der Waals surface area (Å²) in [4.78, 5) is 0. The van der Waals surface area contributed by atoms with Gasteiger partial charge in [0.2, 0.25) is 0 Å². The molecule has 0 bridgehead atoms. The van der Waals surface area contributed by atoms with Crippen LogP contribution in [0, 0.1) is 0 Å². The van der Waals surface area contributed by atoms with E-state index in [1.807, 2.05) is 12.1 Å². The minimum Gasteiger partial charge on any atom is -0.490 e. The number of rotatable bonds is 7. The molecule has 0 aliphatic carbocycles. The van der Waals surface area contributed by atoms with Gasteiger partial charge in [0, 0.05) is 12.5 Å². The molecule has 2 aliphatic rings. The summed E-state index contributed by atoms with van der Waals surface area (Å²) < 4.78 is 17.4. The molecule has 0 radical (unpaired) electrons. The second-order valence-electron chi connectivity index (χ2n) is 7.07. The zero-order valence-corrected chi connectivity index (χ0v) is 14.7. The third-order valence-electron chi connectivity index (χ3n) is 5.09. The Balaban J connectivity index is 1.43. The first-order chi connectivity index (χ1) is 11.0. The molecule has 0 saturated carbocycles. The predicted octanol–water partition coefficient (Wildman–Crippen LogP) is 4.68. The molecule has 1 saturated heterocycles. The highest BCUT2D eigenvalue weighted by molar-refractivity contribution is 5.43. The summed E-state index contributed by atoms with van der Waals surface area (Å²) in [5.74, 6) is 1.85. The van der Waals surface area contributed by atoms with Gasteiger partial charge in [0.15, 0.2) is 0 Å². The number of benzene rings is 1. The van der Waals surface area contributed by atoms with Gasteiger partial charge >= 0.3 is 0 Å². The van der Waals surface area contributed by atoms with E-state index >= 15 is 0 Å². The van der Waals surface area contributed by atoms with Gasteiger partial charge in [-0.1, -0.05) is 18.6 Å². The lowest BCUT2D eigenvalue weighted by atomic mass is 9.99. The molecule has 2 heterocycles. The molecule has 3 atom stereocenters. The van der Waals surface area contributed by atoms with Crippen molar-refractivity contribution in [3.8, 4) is 11.5 Å². The van der Waals surface area contributed by atoms with Crippen LogP contribution in [0.1, 0.15) is 52.5 Å². The van der Waals surface area contributed by atoms with Crippen LogP contribution in [-0.4, -0.2) is 24.4 Å². The molecule has 0 spiro atoms. The van der Waals surface area contributed by atoms with Crippen molar-refractivity contribution in [3.05, 3.63) is 35.4 Å². The second kappa shape index (κ2) is 6.56. The fraction of sp³-hybridized carbons (Fsp3) is 0.600. The first-order valence-corrected chi connectivity index (χ1v) is 8.76. The van der Waals surface area contributed by atoms with Crippen LogP contribution < -0.4 is 9.47 Å². The van der Waals surface area contributed by atoms with Crippen molar-refractivity contribution in [2.45, 2.75) is 71.2 Å². The normalized spacial score (nSPS) is 29.1. The molecular formula is C20H28O3. The fourth-order valence-electron chi connectivity index (χ4n) is 3.18. The van der Waals surface area contributed by atoms with Gasteiger partial charge in [-0.2, -0.15) is 0 Å². The van der Waals surface area contributed by atoms with Crippen LogP contribution >= 0.6 is 0 Å². The molecule has 23 heavy (non-hydrogen) atoms. The standard InChI is InChI=1S/C20H28O3/c1-5-20(4)19(23-20)9-6-14(2)10-11-21-17-8-7-16-12-15(3)22-18(16)13-17/h7-8,10,13,15,19H,5-6,9,11-12H2,1-4H3. The SMILES string of the molecule is CCC1(C)OC1CCC(C)=CCOc1ccc2c(c1)OC(C)C2. The highest BCUT2D eigenvalue weighted by Gasteiger charge is 2.49. The van der Waals surface area contributed by atoms with Crippen molar-refractivity contribution in [1.82, 2.24) is 0 Å². The molecule has 1 fully saturated rings. The van der Waals surface area contributed by atoms with Crippen molar-refractivity contribution < 1.29 is 14.2 Å². The summed E-state index contributed by atoms with van der Waals surface area (Å²) in [6.45, 7) is 9.27. The lowest BCUT2D eigenvalue weighted by Crippen LogP contribution is -2.07. The number of fused-ring (bicyclic) bond motifs is 1. The third-order valence-corrected chi connectivity index (χ3v) is 5.09. The maximum atomic E-state index is 5.83. The van der Waals surface area contributed by atoms with Crippen LogP contribution in [0.3, 0.4) is 0 Å². The molecule has 126 valence electrons. The smallest absolute Gasteiger partial charge is 0.126 e. The van der Waals surface area contributed by atoms with Gasteiger partial charge in [-0.15, -0.1) is 0 Å². The second-order valence-corrected chi connectivity index (χ2v) is 7.07. The summed E-state index contributed by atoms with van der Waals surface area (Å²) in [7, 11) is 0. The quantitative estimate of drug-likeness (QED) is 0.540. The van der Waals surface area contributed by atoms with Crippen molar-refractivity contribution in [1.29, 1.82) is 0 Å². The molecule has 1 aromatic carbocycles. The summed E-state index contributed by atoms with van der Waals surface area (Å²) in [6.07, 6.45) is 7.17. The van der Waals surface area contributed by atoms with E-state index in [0.717, 1.165) is 37.2 Å². The molecule has 0 aromatic heterocycles. The largest absolute Gasteiger partial charge is 0.490 e. The first-order valence-electron chi connectivity index (χ1n) is 8.76. The van der Waals surface area contributed by atoms with E-state index in [1.54, 1.807) is 0 Å². The number of hydrogen-bond acceptors (Lipinski definition) is 3. The molecule has 0 N–H and O–H groups in total. The minimum atomic E-state index is 0.137. The maximum absolute atomic E-state index is 5.83. The summed E-state index contributed by atoms with van der Waals surface area (Å²) in [6, 6.07) is 6.15. The van der Waals surface area contributed by atoms with E-state index < -0.39 is 0 Å². The zero-order chi connectivity index (χ0) is 16.4.